The molecule has 3 rings (SSSR count). The fraction of sp³-hybridized carbons (Fsp3) is 0.345. The van der Waals surface area contributed by atoms with Crippen molar-refractivity contribution >= 4 is 64.5 Å². The van der Waals surface area contributed by atoms with Crippen LogP contribution in [0.4, 0.5) is 11.8 Å². The first kappa shape index (κ1) is 37.8. The van der Waals surface area contributed by atoms with Crippen molar-refractivity contribution < 1.29 is 54.0 Å². The number of H-pyrrole nitrogens is 1. The third kappa shape index (κ3) is 11.5. The van der Waals surface area contributed by atoms with E-state index in [9.17, 15) is 48.6 Å². The molecule has 2 aromatic heterocycles. The summed E-state index contributed by atoms with van der Waals surface area (Å²) in [5.41, 5.74) is 5.66. The molecular formula is C29H33N9O12. The lowest BCUT2D eigenvalue weighted by Gasteiger charge is -2.24. The van der Waals surface area contributed by atoms with Gasteiger partial charge in [-0.3, -0.25) is 38.5 Å². The lowest BCUT2D eigenvalue weighted by atomic mass is 10.1. The highest BCUT2D eigenvalue weighted by Crippen LogP contribution is 2.12. The highest BCUT2D eigenvalue weighted by molar-refractivity contribution is 5.99. The van der Waals surface area contributed by atoms with Crippen LogP contribution in [0.5, 0.6) is 0 Å². The number of benzene rings is 1. The number of nitrogens with zero attached hydrogens (tertiary/aromatic N) is 3. The molecule has 50 heavy (non-hydrogen) atoms. The number of carbonyl (C=O) groups is 7. The molecule has 0 fully saturated rings. The molecule has 21 nitrogen and oxygen atoms in total. The average Bonchev–Trinajstić information content (AvgIpc) is 3.05. The molecule has 3 amide bonds. The van der Waals surface area contributed by atoms with Crippen molar-refractivity contribution in [3.8, 4) is 0 Å². The number of aromatic nitrogens is 4. The summed E-state index contributed by atoms with van der Waals surface area (Å²) >= 11 is 0. The van der Waals surface area contributed by atoms with E-state index in [1.54, 1.807) is 12.1 Å². The SMILES string of the molecule is Nc1nc2ncc(NCc3ccc(C(=O)N[C@@H](CCC(=O)O)C(=O)N[C@@H](CCC(=O)O)C(=O)N[C@@H](CCC(=O)O)C(=O)O)cc3)nc2c(=O)[nH]1. The highest BCUT2D eigenvalue weighted by atomic mass is 16.4. The third-order valence-corrected chi connectivity index (χ3v) is 6.94. The number of carboxylic acid groups (broad SMARTS) is 4. The van der Waals surface area contributed by atoms with Crippen molar-refractivity contribution in [1.29, 1.82) is 0 Å². The number of hydrogen-bond donors (Lipinski definition) is 10. The quantitative estimate of drug-likeness (QED) is 0.0691. The highest BCUT2D eigenvalue weighted by Gasteiger charge is 2.30. The fourth-order valence-corrected chi connectivity index (χ4v) is 4.37. The van der Waals surface area contributed by atoms with Crippen LogP contribution in [-0.2, 0) is 35.3 Å². The van der Waals surface area contributed by atoms with Gasteiger partial charge in [-0.1, -0.05) is 12.1 Å². The number of nitrogen functional groups attached to an aromatic ring is 1. The standard InChI is InChI=1S/C29H33N9O12/c30-29-37-23-22(27(48)38-29)36-18(12-32-23)31-11-13-1-3-14(4-2-13)24(45)33-15(5-8-19(39)40)25(46)34-16(6-9-20(41)42)26(47)35-17(28(49)50)7-10-21(43)44/h1-4,12,15-17H,5-11H2,(H,31,36)(H,33,45)(H,34,46)(H,35,47)(H,39,40)(H,41,42)(H,43,44)(H,49,50)(H3,30,32,37,38,48)/t15-,16-,17-/m0/s1. The van der Waals surface area contributed by atoms with E-state index in [0.29, 0.717) is 5.56 Å². The minimum absolute atomic E-state index is 0.0354. The predicted octanol–water partition coefficient (Wildman–Crippen LogP) is -1.35. The summed E-state index contributed by atoms with van der Waals surface area (Å²) in [4.78, 5) is 111. The van der Waals surface area contributed by atoms with E-state index < -0.39 is 104 Å². The van der Waals surface area contributed by atoms with Gasteiger partial charge < -0.3 is 47.4 Å². The Hall–Kier alpha value is -6.67. The summed E-state index contributed by atoms with van der Waals surface area (Å²) in [6.45, 7) is 0.185. The number of aromatic amines is 1. The second kappa shape index (κ2) is 17.5. The number of aliphatic carboxylic acids is 4. The lowest BCUT2D eigenvalue weighted by molar-refractivity contribution is -0.144. The predicted molar refractivity (Wildman–Crippen MR) is 169 cm³/mol. The minimum atomic E-state index is -1.68. The number of rotatable bonds is 19. The van der Waals surface area contributed by atoms with Crippen molar-refractivity contribution in [2.75, 3.05) is 11.1 Å². The van der Waals surface area contributed by atoms with Gasteiger partial charge in [0.25, 0.3) is 11.5 Å². The van der Waals surface area contributed by atoms with Crippen LogP contribution >= 0.6 is 0 Å². The molecule has 2 heterocycles. The van der Waals surface area contributed by atoms with Crippen molar-refractivity contribution in [3.05, 3.63) is 51.9 Å². The van der Waals surface area contributed by atoms with Gasteiger partial charge in [-0.15, -0.1) is 0 Å². The zero-order valence-electron chi connectivity index (χ0n) is 26.0. The molecule has 0 bridgehead atoms. The van der Waals surface area contributed by atoms with Gasteiger partial charge in [-0.2, -0.15) is 4.98 Å². The Kier molecular flexibility index (Phi) is 13.2. The van der Waals surface area contributed by atoms with Crippen molar-refractivity contribution in [2.45, 2.75) is 63.2 Å². The number of nitrogens with two attached hydrogens (primary N) is 1. The largest absolute Gasteiger partial charge is 0.481 e. The van der Waals surface area contributed by atoms with Gasteiger partial charge in [0, 0.05) is 31.4 Å². The van der Waals surface area contributed by atoms with Gasteiger partial charge in [-0.05, 0) is 37.0 Å². The number of fused-ring (bicyclic) bond motifs is 1. The van der Waals surface area contributed by atoms with E-state index in [1.165, 1.54) is 18.3 Å². The van der Waals surface area contributed by atoms with Crippen molar-refractivity contribution in [3.63, 3.8) is 0 Å². The Morgan fingerprint density at radius 2 is 1.26 bits per heavy atom. The second-order valence-electron chi connectivity index (χ2n) is 10.7. The normalized spacial score (nSPS) is 12.6. The second-order valence-corrected chi connectivity index (χ2v) is 10.7. The topological polar surface area (TPSA) is 346 Å². The Morgan fingerprint density at radius 3 is 1.80 bits per heavy atom. The van der Waals surface area contributed by atoms with E-state index in [0.717, 1.165) is 0 Å². The van der Waals surface area contributed by atoms with E-state index in [1.807, 2.05) is 0 Å². The maximum atomic E-state index is 13.2. The van der Waals surface area contributed by atoms with E-state index in [2.05, 4.69) is 41.2 Å². The summed E-state index contributed by atoms with van der Waals surface area (Å²) < 4.78 is 0. The fourth-order valence-electron chi connectivity index (χ4n) is 4.37. The molecule has 0 saturated heterocycles. The van der Waals surface area contributed by atoms with Crippen LogP contribution in [0.25, 0.3) is 11.2 Å². The van der Waals surface area contributed by atoms with Crippen molar-refractivity contribution in [1.82, 2.24) is 35.9 Å². The maximum Gasteiger partial charge on any atom is 0.326 e. The first-order valence-electron chi connectivity index (χ1n) is 14.8. The molecule has 0 unspecified atom stereocenters. The van der Waals surface area contributed by atoms with Gasteiger partial charge in [0.1, 0.15) is 23.9 Å². The summed E-state index contributed by atoms with van der Waals surface area (Å²) in [6, 6.07) is 1.11. The molecule has 1 aromatic carbocycles. The zero-order chi connectivity index (χ0) is 37.0. The molecule has 11 N–H and O–H groups in total. The first-order chi connectivity index (χ1) is 23.6. The van der Waals surface area contributed by atoms with Crippen LogP contribution < -0.4 is 32.6 Å². The number of hydrogen-bond acceptors (Lipinski definition) is 13. The van der Waals surface area contributed by atoms with Gasteiger partial charge in [0.05, 0.1) is 6.20 Å². The smallest absolute Gasteiger partial charge is 0.326 e. The van der Waals surface area contributed by atoms with Crippen LogP contribution in [0.2, 0.25) is 0 Å². The Morgan fingerprint density at radius 1 is 0.740 bits per heavy atom. The number of amides is 3. The molecule has 3 aromatic rings. The molecule has 0 radical (unpaired) electrons. The molecular weight excluding hydrogens is 666 g/mol. The molecule has 3 atom stereocenters. The summed E-state index contributed by atoms with van der Waals surface area (Å²) in [5.74, 6) is -8.41. The minimum Gasteiger partial charge on any atom is -0.481 e. The van der Waals surface area contributed by atoms with Gasteiger partial charge >= 0.3 is 23.9 Å². The number of carbonyl (C=O) groups excluding carboxylic acids is 3. The van der Waals surface area contributed by atoms with Crippen LogP contribution in [-0.4, -0.2) is 100 Å². The van der Waals surface area contributed by atoms with Crippen LogP contribution in [0, 0.1) is 0 Å². The maximum absolute atomic E-state index is 13.2. The van der Waals surface area contributed by atoms with E-state index in [-0.39, 0.29) is 35.0 Å². The Bertz CT molecular complexity index is 1830. The van der Waals surface area contributed by atoms with Crippen molar-refractivity contribution in [2.24, 2.45) is 0 Å². The van der Waals surface area contributed by atoms with Gasteiger partial charge in [-0.25, -0.2) is 14.8 Å². The third-order valence-electron chi connectivity index (χ3n) is 6.94. The van der Waals surface area contributed by atoms with Crippen LogP contribution in [0.1, 0.15) is 54.4 Å². The van der Waals surface area contributed by atoms with Crippen LogP contribution in [0.3, 0.4) is 0 Å². The summed E-state index contributed by atoms with van der Waals surface area (Å²) in [5, 5.41) is 46.2. The molecule has 266 valence electrons. The molecule has 0 spiro atoms. The van der Waals surface area contributed by atoms with Gasteiger partial charge in [0.15, 0.2) is 11.2 Å². The molecule has 0 saturated carbocycles. The molecule has 0 aliphatic carbocycles. The Balaban J connectivity index is 1.70. The summed E-state index contributed by atoms with van der Waals surface area (Å²) in [7, 11) is 0. The number of anilines is 2. The average molecular weight is 700 g/mol. The monoisotopic (exact) mass is 699 g/mol. The number of carboxylic acids is 4. The lowest BCUT2D eigenvalue weighted by Crippen LogP contribution is -2.56. The van der Waals surface area contributed by atoms with E-state index >= 15 is 0 Å². The number of nitrogens with one attached hydrogen (secondary N) is 5. The van der Waals surface area contributed by atoms with E-state index in [4.69, 9.17) is 15.9 Å². The molecule has 0 aliphatic heterocycles. The zero-order valence-corrected chi connectivity index (χ0v) is 26.0. The Labute approximate surface area is 280 Å². The first-order valence-corrected chi connectivity index (χ1v) is 14.8. The summed E-state index contributed by atoms with van der Waals surface area (Å²) in [6.07, 6.45) is -1.95. The van der Waals surface area contributed by atoms with Gasteiger partial charge in [0.2, 0.25) is 17.8 Å². The molecule has 0 aliphatic rings. The van der Waals surface area contributed by atoms with Crippen LogP contribution in [0.15, 0.2) is 35.3 Å². The molecule has 21 heteroatoms.